The van der Waals surface area contributed by atoms with Gasteiger partial charge >= 0.3 is 0 Å². The lowest BCUT2D eigenvalue weighted by Gasteiger charge is -2.28. The Bertz CT molecular complexity index is 378. The Morgan fingerprint density at radius 1 is 1.44 bits per heavy atom. The van der Waals surface area contributed by atoms with E-state index in [1.807, 2.05) is 0 Å². The second-order valence-electron chi connectivity index (χ2n) is 5.18. The summed E-state index contributed by atoms with van der Waals surface area (Å²) in [5, 5.41) is 0. The number of hydrogen-bond acceptors (Lipinski definition) is 3. The minimum Gasteiger partial charge on any atom is -0.337 e. The molecule has 16 heavy (non-hydrogen) atoms. The minimum absolute atomic E-state index is 0.0365. The summed E-state index contributed by atoms with van der Waals surface area (Å²) in [5.74, 6) is -1.35. The van der Waals surface area contributed by atoms with E-state index in [0.717, 1.165) is 4.48 Å². The largest absolute Gasteiger partial charge is 0.337 e. The predicted octanol–water partition coefficient (Wildman–Crippen LogP) is 2.56. The first-order valence-corrected chi connectivity index (χ1v) is 6.05. The highest BCUT2D eigenvalue weighted by Crippen LogP contribution is 2.38. The molecule has 4 heteroatoms. The van der Waals surface area contributed by atoms with Crippen LogP contribution in [0.15, 0.2) is 22.7 Å². The van der Waals surface area contributed by atoms with Crippen molar-refractivity contribution in [3.05, 3.63) is 22.7 Å². The van der Waals surface area contributed by atoms with Gasteiger partial charge in [0.15, 0.2) is 0 Å². The molecule has 1 aliphatic carbocycles. The van der Waals surface area contributed by atoms with E-state index in [-0.39, 0.29) is 17.3 Å². The molecule has 0 aromatic heterocycles. The SMILES string of the molecule is CC(C)(C)[C@@H]1CO[C@]2(C=C(Br)C=CC2=O)O1. The molecule has 0 N–H and O–H groups in total. The van der Waals surface area contributed by atoms with Crippen LogP contribution in [0.2, 0.25) is 0 Å². The van der Waals surface area contributed by atoms with Gasteiger partial charge in [-0.05, 0) is 23.6 Å². The van der Waals surface area contributed by atoms with E-state index < -0.39 is 5.79 Å². The van der Waals surface area contributed by atoms with Gasteiger partial charge in [-0.15, -0.1) is 0 Å². The zero-order valence-corrected chi connectivity index (χ0v) is 11.2. The fraction of sp³-hybridized carbons (Fsp3) is 0.583. The van der Waals surface area contributed by atoms with Crippen molar-refractivity contribution in [3.8, 4) is 0 Å². The molecule has 0 amide bonds. The number of carbonyl (C=O) groups is 1. The summed E-state index contributed by atoms with van der Waals surface area (Å²) in [5.41, 5.74) is -0.0365. The highest BCUT2D eigenvalue weighted by atomic mass is 79.9. The fourth-order valence-electron chi connectivity index (χ4n) is 1.68. The van der Waals surface area contributed by atoms with E-state index >= 15 is 0 Å². The van der Waals surface area contributed by atoms with Gasteiger partial charge in [-0.2, -0.15) is 0 Å². The molecular weight excluding hydrogens is 272 g/mol. The number of halogens is 1. The zero-order chi connectivity index (χ0) is 12.0. The number of allylic oxidation sites excluding steroid dienone is 2. The van der Waals surface area contributed by atoms with Gasteiger partial charge in [0.2, 0.25) is 5.78 Å². The lowest BCUT2D eigenvalue weighted by Crippen LogP contribution is -2.40. The normalized spacial score (nSPS) is 34.6. The Balaban J connectivity index is 2.24. The monoisotopic (exact) mass is 286 g/mol. The first-order chi connectivity index (χ1) is 7.33. The Morgan fingerprint density at radius 2 is 2.12 bits per heavy atom. The molecule has 0 radical (unpaired) electrons. The summed E-state index contributed by atoms with van der Waals surface area (Å²) in [7, 11) is 0. The first kappa shape index (κ1) is 12.0. The Kier molecular flexibility index (Phi) is 2.85. The lowest BCUT2D eigenvalue weighted by molar-refractivity contribution is -0.167. The third-order valence-corrected chi connectivity index (χ3v) is 3.29. The number of carbonyl (C=O) groups excluding carboxylic acids is 1. The van der Waals surface area contributed by atoms with E-state index in [2.05, 4.69) is 36.7 Å². The molecule has 0 bridgehead atoms. The molecule has 2 aliphatic rings. The maximum atomic E-state index is 11.8. The molecule has 0 unspecified atom stereocenters. The van der Waals surface area contributed by atoms with Crippen molar-refractivity contribution >= 4 is 21.7 Å². The van der Waals surface area contributed by atoms with Crippen LogP contribution in [0.1, 0.15) is 20.8 Å². The average molecular weight is 287 g/mol. The van der Waals surface area contributed by atoms with Gasteiger partial charge < -0.3 is 9.47 Å². The van der Waals surface area contributed by atoms with Crippen molar-refractivity contribution < 1.29 is 14.3 Å². The molecule has 0 saturated carbocycles. The summed E-state index contributed by atoms with van der Waals surface area (Å²) < 4.78 is 12.2. The Labute approximate surface area is 104 Å². The van der Waals surface area contributed by atoms with Gasteiger partial charge in [0.25, 0.3) is 5.79 Å². The molecule has 1 aliphatic heterocycles. The van der Waals surface area contributed by atoms with Gasteiger partial charge in [0, 0.05) is 4.48 Å². The molecule has 0 aromatic carbocycles. The summed E-state index contributed by atoms with van der Waals surface area (Å²) >= 11 is 3.33. The van der Waals surface area contributed by atoms with E-state index in [4.69, 9.17) is 9.47 Å². The molecule has 2 atom stereocenters. The van der Waals surface area contributed by atoms with Crippen LogP contribution < -0.4 is 0 Å². The minimum atomic E-state index is -1.20. The van der Waals surface area contributed by atoms with Gasteiger partial charge in [-0.3, -0.25) is 4.79 Å². The number of hydrogen-bond donors (Lipinski definition) is 0. The summed E-state index contributed by atoms with van der Waals surface area (Å²) in [6.45, 7) is 6.66. The molecule has 1 heterocycles. The number of ketones is 1. The van der Waals surface area contributed by atoms with Gasteiger partial charge in [0.1, 0.15) is 0 Å². The van der Waals surface area contributed by atoms with Crippen LogP contribution in [0.25, 0.3) is 0 Å². The molecule has 1 spiro atoms. The van der Waals surface area contributed by atoms with E-state index in [1.165, 1.54) is 6.08 Å². The molecule has 88 valence electrons. The van der Waals surface area contributed by atoms with Crippen molar-refractivity contribution in [1.82, 2.24) is 0 Å². The summed E-state index contributed by atoms with van der Waals surface area (Å²) in [6.07, 6.45) is 4.79. The van der Waals surface area contributed by atoms with E-state index in [1.54, 1.807) is 12.2 Å². The van der Waals surface area contributed by atoms with E-state index in [0.29, 0.717) is 6.61 Å². The van der Waals surface area contributed by atoms with Crippen molar-refractivity contribution in [2.45, 2.75) is 32.7 Å². The quantitative estimate of drug-likeness (QED) is 0.687. The summed E-state index contributed by atoms with van der Waals surface area (Å²) in [6, 6.07) is 0. The average Bonchev–Trinajstić information content (AvgIpc) is 2.57. The molecule has 1 saturated heterocycles. The van der Waals surface area contributed by atoms with Crippen LogP contribution in [-0.4, -0.2) is 24.3 Å². The predicted molar refractivity (Wildman–Crippen MR) is 64.2 cm³/mol. The smallest absolute Gasteiger partial charge is 0.255 e. The van der Waals surface area contributed by atoms with Gasteiger partial charge in [-0.25, -0.2) is 0 Å². The van der Waals surface area contributed by atoms with Crippen molar-refractivity contribution in [2.75, 3.05) is 6.61 Å². The molecule has 1 fully saturated rings. The van der Waals surface area contributed by atoms with Crippen LogP contribution in [0.5, 0.6) is 0 Å². The van der Waals surface area contributed by atoms with Crippen molar-refractivity contribution in [1.29, 1.82) is 0 Å². The van der Waals surface area contributed by atoms with Crippen LogP contribution in [0, 0.1) is 5.41 Å². The Hall–Kier alpha value is -0.450. The third kappa shape index (κ3) is 2.01. The highest BCUT2D eigenvalue weighted by Gasteiger charge is 2.49. The first-order valence-electron chi connectivity index (χ1n) is 5.26. The molecule has 2 rings (SSSR count). The van der Waals surface area contributed by atoms with Crippen LogP contribution in [0.3, 0.4) is 0 Å². The number of ether oxygens (including phenoxy) is 2. The fourth-order valence-corrected chi connectivity index (χ4v) is 2.12. The molecule has 3 nitrogen and oxygen atoms in total. The second kappa shape index (κ2) is 3.79. The second-order valence-corrected chi connectivity index (χ2v) is 6.09. The Morgan fingerprint density at radius 3 is 2.69 bits per heavy atom. The summed E-state index contributed by atoms with van der Waals surface area (Å²) in [4.78, 5) is 11.8. The van der Waals surface area contributed by atoms with Crippen LogP contribution >= 0.6 is 15.9 Å². The van der Waals surface area contributed by atoms with Gasteiger partial charge in [0.05, 0.1) is 12.7 Å². The maximum absolute atomic E-state index is 11.8. The maximum Gasteiger partial charge on any atom is 0.255 e. The third-order valence-electron chi connectivity index (χ3n) is 2.80. The van der Waals surface area contributed by atoms with Crippen LogP contribution in [-0.2, 0) is 14.3 Å². The standard InChI is InChI=1S/C12H15BrO3/c1-11(2,3)10-7-15-12(16-10)6-8(13)4-5-9(12)14/h4-6,10H,7H2,1-3H3/t10-,12+/m0/s1. The molecular formula is C12H15BrO3. The number of rotatable bonds is 0. The lowest BCUT2D eigenvalue weighted by atomic mass is 9.90. The highest BCUT2D eigenvalue weighted by molar-refractivity contribution is 9.11. The van der Waals surface area contributed by atoms with Crippen LogP contribution in [0.4, 0.5) is 0 Å². The topological polar surface area (TPSA) is 35.5 Å². The van der Waals surface area contributed by atoms with Gasteiger partial charge in [-0.1, -0.05) is 36.7 Å². The van der Waals surface area contributed by atoms with Crippen molar-refractivity contribution in [2.24, 2.45) is 5.41 Å². The van der Waals surface area contributed by atoms with Crippen molar-refractivity contribution in [3.63, 3.8) is 0 Å². The zero-order valence-electron chi connectivity index (χ0n) is 9.62. The van der Waals surface area contributed by atoms with E-state index in [9.17, 15) is 4.79 Å². The molecule has 0 aromatic rings.